The molecule has 0 radical (unpaired) electrons. The number of methoxy groups -OCH3 is 2. The Labute approximate surface area is 118 Å². The van der Waals surface area contributed by atoms with E-state index in [1.54, 1.807) is 6.07 Å². The first kappa shape index (κ1) is 15.0. The second kappa shape index (κ2) is 6.88. The first-order valence-corrected chi connectivity index (χ1v) is 6.68. The lowest BCUT2D eigenvalue weighted by atomic mass is 10.0. The molecule has 2 N–H and O–H groups in total. The standard InChI is InChI=1S/C14H21FN2O3/c1-19-13-7-10(11(15)8-14(13)20-2)12(9-18)17-5-3-16-4-6-17/h7-8,12,16,18H,3-6,9H2,1-2H3/t12-/m1/s1. The Balaban J connectivity index is 2.33. The highest BCUT2D eigenvalue weighted by Crippen LogP contribution is 2.34. The minimum atomic E-state index is -0.389. The van der Waals surface area contributed by atoms with E-state index < -0.39 is 0 Å². The van der Waals surface area contributed by atoms with Crippen molar-refractivity contribution in [2.45, 2.75) is 6.04 Å². The van der Waals surface area contributed by atoms with E-state index in [2.05, 4.69) is 10.2 Å². The molecule has 2 rings (SSSR count). The Hall–Kier alpha value is -1.37. The third kappa shape index (κ3) is 3.03. The fourth-order valence-corrected chi connectivity index (χ4v) is 2.53. The second-order valence-corrected chi connectivity index (χ2v) is 4.71. The number of nitrogens with zero attached hydrogens (tertiary/aromatic N) is 1. The fourth-order valence-electron chi connectivity index (χ4n) is 2.53. The molecule has 5 nitrogen and oxygen atoms in total. The summed E-state index contributed by atoms with van der Waals surface area (Å²) in [4.78, 5) is 2.07. The molecule has 0 amide bonds. The van der Waals surface area contributed by atoms with E-state index in [1.807, 2.05) is 0 Å². The number of hydrogen-bond donors (Lipinski definition) is 2. The van der Waals surface area contributed by atoms with Crippen molar-refractivity contribution >= 4 is 0 Å². The van der Waals surface area contributed by atoms with Gasteiger partial charge in [0.2, 0.25) is 0 Å². The summed E-state index contributed by atoms with van der Waals surface area (Å²) in [5.41, 5.74) is 0.437. The van der Waals surface area contributed by atoms with Crippen LogP contribution in [-0.2, 0) is 0 Å². The van der Waals surface area contributed by atoms with Crippen LogP contribution in [-0.4, -0.2) is 57.0 Å². The van der Waals surface area contributed by atoms with E-state index in [0.29, 0.717) is 17.1 Å². The molecule has 112 valence electrons. The predicted molar refractivity (Wildman–Crippen MR) is 73.8 cm³/mol. The van der Waals surface area contributed by atoms with Crippen LogP contribution in [0.15, 0.2) is 12.1 Å². The molecule has 0 aliphatic carbocycles. The quantitative estimate of drug-likeness (QED) is 0.837. The minimum absolute atomic E-state index is 0.133. The van der Waals surface area contributed by atoms with Crippen LogP contribution in [0.25, 0.3) is 0 Å². The summed E-state index contributed by atoms with van der Waals surface area (Å²) >= 11 is 0. The third-order valence-electron chi connectivity index (χ3n) is 3.63. The van der Waals surface area contributed by atoms with Gasteiger partial charge in [0, 0.05) is 37.8 Å². The van der Waals surface area contributed by atoms with Crippen molar-refractivity contribution in [3.05, 3.63) is 23.5 Å². The summed E-state index contributed by atoms with van der Waals surface area (Å²) in [7, 11) is 2.98. The number of aliphatic hydroxyl groups is 1. The van der Waals surface area contributed by atoms with Crippen LogP contribution in [0.5, 0.6) is 11.5 Å². The third-order valence-corrected chi connectivity index (χ3v) is 3.63. The molecule has 1 aromatic carbocycles. The van der Waals surface area contributed by atoms with Crippen molar-refractivity contribution in [2.75, 3.05) is 47.0 Å². The predicted octanol–water partition coefficient (Wildman–Crippen LogP) is 0.781. The molecular formula is C14H21FN2O3. The molecule has 0 spiro atoms. The van der Waals surface area contributed by atoms with Crippen LogP contribution in [0, 0.1) is 5.82 Å². The van der Waals surface area contributed by atoms with Crippen LogP contribution in [0.2, 0.25) is 0 Å². The zero-order valence-electron chi connectivity index (χ0n) is 11.9. The molecule has 0 aromatic heterocycles. The summed E-state index contributed by atoms with van der Waals surface area (Å²) < 4.78 is 24.5. The average Bonchev–Trinajstić information content (AvgIpc) is 2.50. The van der Waals surface area contributed by atoms with Gasteiger partial charge in [-0.1, -0.05) is 0 Å². The van der Waals surface area contributed by atoms with Crippen molar-refractivity contribution in [3.8, 4) is 11.5 Å². The van der Waals surface area contributed by atoms with Crippen LogP contribution < -0.4 is 14.8 Å². The highest BCUT2D eigenvalue weighted by Gasteiger charge is 2.25. The summed E-state index contributed by atoms with van der Waals surface area (Å²) in [5, 5.41) is 12.9. The lowest BCUT2D eigenvalue weighted by Gasteiger charge is -2.34. The highest BCUT2D eigenvalue weighted by atomic mass is 19.1. The van der Waals surface area contributed by atoms with Crippen molar-refractivity contribution in [3.63, 3.8) is 0 Å². The Bertz CT molecular complexity index is 450. The molecule has 6 heteroatoms. The van der Waals surface area contributed by atoms with Crippen LogP contribution in [0.3, 0.4) is 0 Å². The highest BCUT2D eigenvalue weighted by molar-refractivity contribution is 5.44. The van der Waals surface area contributed by atoms with E-state index in [1.165, 1.54) is 20.3 Å². The molecule has 1 saturated heterocycles. The van der Waals surface area contributed by atoms with Gasteiger partial charge in [0.05, 0.1) is 26.9 Å². The molecule has 20 heavy (non-hydrogen) atoms. The molecule has 1 heterocycles. The fraction of sp³-hybridized carbons (Fsp3) is 0.571. The maximum atomic E-state index is 14.3. The van der Waals surface area contributed by atoms with Gasteiger partial charge >= 0.3 is 0 Å². The molecule has 1 atom stereocenters. The van der Waals surface area contributed by atoms with E-state index in [4.69, 9.17) is 9.47 Å². The van der Waals surface area contributed by atoms with Gasteiger partial charge in [-0.3, -0.25) is 4.90 Å². The first-order chi connectivity index (χ1) is 9.71. The zero-order valence-corrected chi connectivity index (χ0v) is 11.9. The number of halogens is 1. The van der Waals surface area contributed by atoms with Gasteiger partial charge in [-0.15, -0.1) is 0 Å². The van der Waals surface area contributed by atoms with E-state index in [0.717, 1.165) is 26.2 Å². The number of hydrogen-bond acceptors (Lipinski definition) is 5. The monoisotopic (exact) mass is 284 g/mol. The first-order valence-electron chi connectivity index (χ1n) is 6.68. The normalized spacial score (nSPS) is 17.8. The number of rotatable bonds is 5. The molecule has 0 saturated carbocycles. The van der Waals surface area contributed by atoms with Crippen LogP contribution >= 0.6 is 0 Å². The topological polar surface area (TPSA) is 54.0 Å². The second-order valence-electron chi connectivity index (χ2n) is 4.71. The molecule has 1 aromatic rings. The average molecular weight is 284 g/mol. The largest absolute Gasteiger partial charge is 0.493 e. The van der Waals surface area contributed by atoms with Crippen LogP contribution in [0.1, 0.15) is 11.6 Å². The lowest BCUT2D eigenvalue weighted by molar-refractivity contribution is 0.108. The smallest absolute Gasteiger partial charge is 0.163 e. The maximum Gasteiger partial charge on any atom is 0.163 e. The molecule has 0 unspecified atom stereocenters. The number of nitrogens with one attached hydrogen (secondary N) is 1. The summed E-state index contributed by atoms with van der Waals surface area (Å²) in [5.74, 6) is 0.434. The number of benzene rings is 1. The number of piperazine rings is 1. The Kier molecular flexibility index (Phi) is 5.17. The molecule has 0 bridgehead atoms. The number of aliphatic hydroxyl groups excluding tert-OH is 1. The Morgan fingerprint density at radius 3 is 2.40 bits per heavy atom. The van der Waals surface area contributed by atoms with Gasteiger partial charge in [0.15, 0.2) is 11.5 Å². The van der Waals surface area contributed by atoms with Crippen molar-refractivity contribution < 1.29 is 19.0 Å². The van der Waals surface area contributed by atoms with E-state index in [9.17, 15) is 9.50 Å². The van der Waals surface area contributed by atoms with Crippen LogP contribution in [0.4, 0.5) is 4.39 Å². The van der Waals surface area contributed by atoms with Crippen molar-refractivity contribution in [1.82, 2.24) is 10.2 Å². The zero-order chi connectivity index (χ0) is 14.5. The molecule has 1 aliphatic heterocycles. The Morgan fingerprint density at radius 1 is 1.25 bits per heavy atom. The maximum absolute atomic E-state index is 14.3. The molecule has 1 aliphatic rings. The lowest BCUT2D eigenvalue weighted by Crippen LogP contribution is -2.46. The number of ether oxygens (including phenoxy) is 2. The molecular weight excluding hydrogens is 263 g/mol. The van der Waals surface area contributed by atoms with E-state index >= 15 is 0 Å². The van der Waals surface area contributed by atoms with Gasteiger partial charge in [-0.2, -0.15) is 0 Å². The summed E-state index contributed by atoms with van der Waals surface area (Å²) in [6.07, 6.45) is 0. The van der Waals surface area contributed by atoms with Gasteiger partial charge < -0.3 is 19.9 Å². The minimum Gasteiger partial charge on any atom is -0.493 e. The van der Waals surface area contributed by atoms with Crippen molar-refractivity contribution in [2.24, 2.45) is 0 Å². The van der Waals surface area contributed by atoms with Crippen molar-refractivity contribution in [1.29, 1.82) is 0 Å². The summed E-state index contributed by atoms with van der Waals surface area (Å²) in [6.45, 7) is 3.10. The van der Waals surface area contributed by atoms with Gasteiger partial charge in [-0.05, 0) is 6.07 Å². The SMILES string of the molecule is COc1cc(F)c([C@@H](CO)N2CCNCC2)cc1OC. The van der Waals surface area contributed by atoms with Gasteiger partial charge in [-0.25, -0.2) is 4.39 Å². The Morgan fingerprint density at radius 2 is 1.85 bits per heavy atom. The summed E-state index contributed by atoms with van der Waals surface area (Å²) in [6, 6.07) is 2.55. The molecule has 1 fully saturated rings. The van der Waals surface area contributed by atoms with Gasteiger partial charge in [0.25, 0.3) is 0 Å². The van der Waals surface area contributed by atoms with Gasteiger partial charge in [0.1, 0.15) is 5.82 Å². The van der Waals surface area contributed by atoms with E-state index in [-0.39, 0.29) is 18.5 Å².